The van der Waals surface area contributed by atoms with Crippen LogP contribution in [0.1, 0.15) is 39.5 Å². The van der Waals surface area contributed by atoms with E-state index in [1.165, 1.54) is 25.8 Å². The molecule has 2 aliphatic rings. The quantitative estimate of drug-likeness (QED) is 0.788. The third-order valence-electron chi connectivity index (χ3n) is 4.82. The first-order valence-electron chi connectivity index (χ1n) is 7.97. The molecule has 0 aliphatic carbocycles. The Balaban J connectivity index is 1.86. The van der Waals surface area contributed by atoms with Gasteiger partial charge in [-0.1, -0.05) is 20.3 Å². The van der Waals surface area contributed by atoms with Gasteiger partial charge in [-0.05, 0) is 32.5 Å². The number of amides is 1. The second-order valence-corrected chi connectivity index (χ2v) is 5.89. The summed E-state index contributed by atoms with van der Waals surface area (Å²) in [5.41, 5.74) is 0. The Kier molecular flexibility index (Phi) is 5.64. The van der Waals surface area contributed by atoms with Crippen LogP contribution < -0.4 is 5.32 Å². The van der Waals surface area contributed by atoms with Crippen LogP contribution in [-0.2, 0) is 4.79 Å². The summed E-state index contributed by atoms with van der Waals surface area (Å²) in [6.45, 7) is 11.2. The predicted molar refractivity (Wildman–Crippen MR) is 78.1 cm³/mol. The Morgan fingerprint density at radius 1 is 1.32 bits per heavy atom. The van der Waals surface area contributed by atoms with Crippen molar-refractivity contribution < 1.29 is 4.79 Å². The van der Waals surface area contributed by atoms with E-state index in [2.05, 4.69) is 29.0 Å². The summed E-state index contributed by atoms with van der Waals surface area (Å²) in [4.78, 5) is 16.6. The molecule has 1 amide bonds. The van der Waals surface area contributed by atoms with Gasteiger partial charge >= 0.3 is 0 Å². The second kappa shape index (κ2) is 7.25. The molecule has 19 heavy (non-hydrogen) atoms. The van der Waals surface area contributed by atoms with Gasteiger partial charge in [-0.15, -0.1) is 0 Å². The molecular weight excluding hydrogens is 238 g/mol. The molecule has 0 unspecified atom stereocenters. The molecule has 4 nitrogen and oxygen atoms in total. The van der Waals surface area contributed by atoms with Crippen LogP contribution in [0.15, 0.2) is 0 Å². The van der Waals surface area contributed by atoms with Crippen molar-refractivity contribution in [3.63, 3.8) is 0 Å². The summed E-state index contributed by atoms with van der Waals surface area (Å²) >= 11 is 0. The third kappa shape index (κ3) is 3.93. The third-order valence-corrected chi connectivity index (χ3v) is 4.82. The van der Waals surface area contributed by atoms with Crippen molar-refractivity contribution >= 4 is 5.91 Å². The van der Waals surface area contributed by atoms with Gasteiger partial charge in [0, 0.05) is 38.0 Å². The zero-order valence-corrected chi connectivity index (χ0v) is 12.5. The largest absolute Gasteiger partial charge is 0.356 e. The van der Waals surface area contributed by atoms with Gasteiger partial charge in [-0.2, -0.15) is 0 Å². The zero-order chi connectivity index (χ0) is 13.7. The molecule has 0 spiro atoms. The molecule has 4 heteroatoms. The number of likely N-dealkylation sites (tertiary alicyclic amines) is 1. The first-order chi connectivity index (χ1) is 9.24. The summed E-state index contributed by atoms with van der Waals surface area (Å²) in [5, 5.41) is 3.00. The van der Waals surface area contributed by atoms with E-state index in [4.69, 9.17) is 0 Å². The fraction of sp³-hybridized carbons (Fsp3) is 0.933. The van der Waals surface area contributed by atoms with Crippen molar-refractivity contribution in [2.24, 2.45) is 5.92 Å². The van der Waals surface area contributed by atoms with Gasteiger partial charge in [-0.25, -0.2) is 0 Å². The maximum absolute atomic E-state index is 11.4. The van der Waals surface area contributed by atoms with Gasteiger partial charge in [0.25, 0.3) is 0 Å². The number of carbonyl (C=O) groups is 1. The van der Waals surface area contributed by atoms with E-state index in [0.29, 0.717) is 12.0 Å². The molecule has 0 aromatic carbocycles. The first-order valence-corrected chi connectivity index (χ1v) is 7.97. The molecule has 2 rings (SSSR count). The molecule has 0 radical (unpaired) electrons. The highest BCUT2D eigenvalue weighted by molar-refractivity contribution is 5.78. The molecule has 0 aromatic heterocycles. The van der Waals surface area contributed by atoms with Crippen molar-refractivity contribution in [3.05, 3.63) is 0 Å². The average Bonchev–Trinajstić information content (AvgIpc) is 2.87. The van der Waals surface area contributed by atoms with Gasteiger partial charge < -0.3 is 10.2 Å². The average molecular weight is 267 g/mol. The number of rotatable bonds is 6. The highest BCUT2D eigenvalue weighted by Crippen LogP contribution is 2.27. The fourth-order valence-corrected chi connectivity index (χ4v) is 3.54. The fourth-order valence-electron chi connectivity index (χ4n) is 3.54. The van der Waals surface area contributed by atoms with E-state index < -0.39 is 0 Å². The van der Waals surface area contributed by atoms with Gasteiger partial charge in [-0.3, -0.25) is 9.69 Å². The Labute approximate surface area is 117 Å². The first kappa shape index (κ1) is 14.8. The van der Waals surface area contributed by atoms with Gasteiger partial charge in [0.15, 0.2) is 0 Å². The van der Waals surface area contributed by atoms with Crippen LogP contribution in [0, 0.1) is 5.92 Å². The van der Waals surface area contributed by atoms with E-state index >= 15 is 0 Å². The Bertz CT molecular complexity index is 291. The summed E-state index contributed by atoms with van der Waals surface area (Å²) in [5.74, 6) is 0.795. The Morgan fingerprint density at radius 2 is 2.11 bits per heavy atom. The maximum Gasteiger partial charge on any atom is 0.220 e. The molecule has 2 atom stereocenters. The lowest BCUT2D eigenvalue weighted by molar-refractivity contribution is -0.119. The van der Waals surface area contributed by atoms with Crippen molar-refractivity contribution in [1.29, 1.82) is 0 Å². The normalized spacial score (nSPS) is 28.9. The Hall–Kier alpha value is -0.610. The van der Waals surface area contributed by atoms with E-state index in [1.54, 1.807) is 0 Å². The molecule has 2 saturated heterocycles. The monoisotopic (exact) mass is 267 g/mol. The summed E-state index contributed by atoms with van der Waals surface area (Å²) in [7, 11) is 0. The van der Waals surface area contributed by atoms with Gasteiger partial charge in [0.1, 0.15) is 0 Å². The van der Waals surface area contributed by atoms with Crippen LogP contribution in [0.25, 0.3) is 0 Å². The molecule has 2 aliphatic heterocycles. The summed E-state index contributed by atoms with van der Waals surface area (Å²) in [6, 6.07) is 0.628. The summed E-state index contributed by atoms with van der Waals surface area (Å²) in [6.07, 6.45) is 4.67. The van der Waals surface area contributed by atoms with Crippen LogP contribution >= 0.6 is 0 Å². The Morgan fingerprint density at radius 3 is 2.74 bits per heavy atom. The number of nitrogens with one attached hydrogen (secondary N) is 1. The number of carbonyl (C=O) groups excluding carboxylic acids is 1. The standard InChI is InChI=1S/C15H29N3O/c1-3-17(4-2)9-10-18-8-6-5-7-14(18)13-11-15(19)16-12-13/h13-14H,3-12H2,1-2H3,(H,16,19)/t13-,14+/m0/s1. The maximum atomic E-state index is 11.4. The molecule has 2 heterocycles. The SMILES string of the molecule is CCN(CC)CCN1CCCC[C@@H]1[C@@H]1CNC(=O)C1. The smallest absolute Gasteiger partial charge is 0.220 e. The highest BCUT2D eigenvalue weighted by Gasteiger charge is 2.34. The van der Waals surface area contributed by atoms with Gasteiger partial charge in [0.2, 0.25) is 5.91 Å². The lowest BCUT2D eigenvalue weighted by Crippen LogP contribution is -2.47. The minimum absolute atomic E-state index is 0.249. The van der Waals surface area contributed by atoms with Crippen molar-refractivity contribution in [3.8, 4) is 0 Å². The van der Waals surface area contributed by atoms with E-state index in [9.17, 15) is 4.79 Å². The highest BCUT2D eigenvalue weighted by atomic mass is 16.1. The topological polar surface area (TPSA) is 35.6 Å². The van der Waals surface area contributed by atoms with E-state index in [0.717, 1.165) is 39.1 Å². The molecule has 2 fully saturated rings. The summed E-state index contributed by atoms with van der Waals surface area (Å²) < 4.78 is 0. The predicted octanol–water partition coefficient (Wildman–Crippen LogP) is 1.32. The van der Waals surface area contributed by atoms with E-state index in [-0.39, 0.29) is 5.91 Å². The van der Waals surface area contributed by atoms with Crippen molar-refractivity contribution in [2.75, 3.05) is 39.3 Å². The van der Waals surface area contributed by atoms with E-state index in [1.807, 2.05) is 0 Å². The molecule has 0 aromatic rings. The van der Waals surface area contributed by atoms with Crippen LogP contribution in [0.3, 0.4) is 0 Å². The number of piperidine rings is 1. The zero-order valence-electron chi connectivity index (χ0n) is 12.5. The molecular formula is C15H29N3O. The van der Waals surface area contributed by atoms with Crippen molar-refractivity contribution in [2.45, 2.75) is 45.6 Å². The number of hydrogen-bond acceptors (Lipinski definition) is 3. The van der Waals surface area contributed by atoms with Crippen LogP contribution in [-0.4, -0.2) is 61.0 Å². The molecule has 110 valence electrons. The second-order valence-electron chi connectivity index (χ2n) is 5.89. The van der Waals surface area contributed by atoms with Crippen LogP contribution in [0.2, 0.25) is 0 Å². The molecule has 0 bridgehead atoms. The minimum atomic E-state index is 0.249. The minimum Gasteiger partial charge on any atom is -0.356 e. The lowest BCUT2D eigenvalue weighted by atomic mass is 9.89. The van der Waals surface area contributed by atoms with Crippen LogP contribution in [0.4, 0.5) is 0 Å². The van der Waals surface area contributed by atoms with Crippen molar-refractivity contribution in [1.82, 2.24) is 15.1 Å². The van der Waals surface area contributed by atoms with Gasteiger partial charge in [0.05, 0.1) is 0 Å². The van der Waals surface area contributed by atoms with Crippen LogP contribution in [0.5, 0.6) is 0 Å². The molecule has 0 saturated carbocycles. The molecule has 1 N–H and O–H groups in total. The number of hydrogen-bond donors (Lipinski definition) is 1. The number of likely N-dealkylation sites (N-methyl/N-ethyl adjacent to an activating group) is 1. The number of nitrogens with zero attached hydrogens (tertiary/aromatic N) is 2. The lowest BCUT2D eigenvalue weighted by Gasteiger charge is -2.39.